The highest BCUT2D eigenvalue weighted by Crippen LogP contribution is 2.23. The van der Waals surface area contributed by atoms with Gasteiger partial charge in [0.05, 0.1) is 6.61 Å². The molecule has 2 atom stereocenters. The summed E-state index contributed by atoms with van der Waals surface area (Å²) in [5, 5.41) is 2.87. The average Bonchev–Trinajstić information content (AvgIpc) is 2.82. The molecule has 0 aliphatic carbocycles. The summed E-state index contributed by atoms with van der Waals surface area (Å²) in [6, 6.07) is 10.9. The minimum Gasteiger partial charge on any atom is -0.484 e. The van der Waals surface area contributed by atoms with E-state index in [9.17, 15) is 9.59 Å². The van der Waals surface area contributed by atoms with Crippen molar-refractivity contribution in [1.29, 1.82) is 0 Å². The van der Waals surface area contributed by atoms with Gasteiger partial charge in [0.1, 0.15) is 12.4 Å². The van der Waals surface area contributed by atoms with Crippen LogP contribution >= 0.6 is 0 Å². The van der Waals surface area contributed by atoms with Crippen LogP contribution in [0.5, 0.6) is 11.6 Å². The molecule has 178 valence electrons. The van der Waals surface area contributed by atoms with E-state index >= 15 is 0 Å². The summed E-state index contributed by atoms with van der Waals surface area (Å²) in [7, 11) is 1.61. The number of aromatic nitrogens is 1. The number of ether oxygens (including phenoxy) is 3. The van der Waals surface area contributed by atoms with Crippen molar-refractivity contribution < 1.29 is 23.8 Å². The Labute approximate surface area is 195 Å². The molecule has 2 heterocycles. The lowest BCUT2D eigenvalue weighted by Gasteiger charge is -2.38. The largest absolute Gasteiger partial charge is 0.484 e. The molecule has 1 N–H and O–H groups in total. The number of carbonyl (C=O) groups excluding carboxylic acids is 2. The molecule has 2 aromatic rings. The smallest absolute Gasteiger partial charge is 0.260 e. The quantitative estimate of drug-likeness (QED) is 0.554. The predicted molar refractivity (Wildman–Crippen MR) is 124 cm³/mol. The maximum atomic E-state index is 12.6. The highest BCUT2D eigenvalue weighted by molar-refractivity contribution is 5.94. The van der Waals surface area contributed by atoms with Crippen molar-refractivity contribution in [3.05, 3.63) is 53.7 Å². The van der Waals surface area contributed by atoms with E-state index in [2.05, 4.69) is 24.1 Å². The first kappa shape index (κ1) is 24.5. The second-order valence-corrected chi connectivity index (χ2v) is 8.27. The Hall–Kier alpha value is -3.13. The number of rotatable bonds is 10. The molecule has 1 aliphatic heterocycles. The number of carbonyl (C=O) groups is 2. The molecule has 8 nitrogen and oxygen atoms in total. The molecule has 1 saturated heterocycles. The number of pyridine rings is 1. The number of benzene rings is 1. The Balaban J connectivity index is 1.44. The van der Waals surface area contributed by atoms with E-state index in [-0.39, 0.29) is 30.5 Å². The zero-order chi connectivity index (χ0) is 23.6. The van der Waals surface area contributed by atoms with Gasteiger partial charge in [-0.1, -0.05) is 6.07 Å². The van der Waals surface area contributed by atoms with Crippen molar-refractivity contribution in [3.8, 4) is 11.6 Å². The molecular weight excluding hydrogens is 422 g/mol. The van der Waals surface area contributed by atoms with Crippen molar-refractivity contribution in [3.63, 3.8) is 0 Å². The van der Waals surface area contributed by atoms with Gasteiger partial charge < -0.3 is 24.4 Å². The van der Waals surface area contributed by atoms with Gasteiger partial charge in [0.2, 0.25) is 5.88 Å². The summed E-state index contributed by atoms with van der Waals surface area (Å²) in [5.41, 5.74) is 1.38. The normalized spacial score (nSPS) is 18.0. The summed E-state index contributed by atoms with van der Waals surface area (Å²) in [5.74, 6) is 0.875. The van der Waals surface area contributed by atoms with E-state index in [0.29, 0.717) is 37.0 Å². The van der Waals surface area contributed by atoms with Crippen LogP contribution in [-0.2, 0) is 16.1 Å². The van der Waals surface area contributed by atoms with E-state index in [0.717, 1.165) is 24.8 Å². The van der Waals surface area contributed by atoms with Gasteiger partial charge in [0.25, 0.3) is 11.8 Å². The Bertz CT molecular complexity index is 891. The number of amides is 2. The van der Waals surface area contributed by atoms with Crippen LogP contribution in [0.25, 0.3) is 0 Å². The van der Waals surface area contributed by atoms with Crippen LogP contribution in [0.15, 0.2) is 42.6 Å². The summed E-state index contributed by atoms with van der Waals surface area (Å²) in [4.78, 5) is 31.2. The Kier molecular flexibility index (Phi) is 9.06. The Morgan fingerprint density at radius 1 is 1.03 bits per heavy atom. The first-order valence-electron chi connectivity index (χ1n) is 11.4. The number of hydrogen-bond donors (Lipinski definition) is 1. The first-order chi connectivity index (χ1) is 16.0. The first-order valence-corrected chi connectivity index (χ1v) is 11.4. The third-order valence-corrected chi connectivity index (χ3v) is 5.75. The van der Waals surface area contributed by atoms with Crippen molar-refractivity contribution in [2.45, 2.75) is 51.7 Å². The van der Waals surface area contributed by atoms with Gasteiger partial charge in [-0.25, -0.2) is 4.98 Å². The van der Waals surface area contributed by atoms with Gasteiger partial charge in [0, 0.05) is 43.6 Å². The lowest BCUT2D eigenvalue weighted by Crippen LogP contribution is -2.49. The standard InChI is InChI=1S/C25H33N3O5/c1-18-5-4-6-19(2)28(18)24(29)17-33-22-10-8-21(9-11-22)25(30)27-16-20-7-12-23(26-15-20)32-14-13-31-3/h7-12,15,18-19H,4-6,13-14,16-17H2,1-3H3,(H,27,30). The third-order valence-electron chi connectivity index (χ3n) is 5.75. The summed E-state index contributed by atoms with van der Waals surface area (Å²) in [6.45, 7) is 5.45. The van der Waals surface area contributed by atoms with Crippen LogP contribution in [0.3, 0.4) is 0 Å². The molecule has 2 unspecified atom stereocenters. The van der Waals surface area contributed by atoms with Gasteiger partial charge >= 0.3 is 0 Å². The van der Waals surface area contributed by atoms with Gasteiger partial charge in [-0.05, 0) is 62.9 Å². The molecule has 0 saturated carbocycles. The highest BCUT2D eigenvalue weighted by atomic mass is 16.5. The molecule has 1 aliphatic rings. The fourth-order valence-electron chi connectivity index (χ4n) is 3.95. The van der Waals surface area contributed by atoms with Gasteiger partial charge in [0.15, 0.2) is 6.61 Å². The second kappa shape index (κ2) is 12.2. The van der Waals surface area contributed by atoms with Crippen LogP contribution in [0.2, 0.25) is 0 Å². The third kappa shape index (κ3) is 7.18. The molecule has 1 aromatic heterocycles. The molecule has 8 heteroatoms. The zero-order valence-electron chi connectivity index (χ0n) is 19.6. The Morgan fingerprint density at radius 3 is 2.39 bits per heavy atom. The molecule has 0 bridgehead atoms. The van der Waals surface area contributed by atoms with Crippen LogP contribution in [-0.4, -0.2) is 60.7 Å². The highest BCUT2D eigenvalue weighted by Gasteiger charge is 2.28. The van der Waals surface area contributed by atoms with Crippen LogP contribution in [0.1, 0.15) is 49.0 Å². The summed E-state index contributed by atoms with van der Waals surface area (Å²) >= 11 is 0. The molecule has 0 spiro atoms. The maximum Gasteiger partial charge on any atom is 0.260 e. The topological polar surface area (TPSA) is 90.0 Å². The molecule has 1 aromatic carbocycles. The molecule has 1 fully saturated rings. The monoisotopic (exact) mass is 455 g/mol. The minimum absolute atomic E-state index is 0.000226. The van der Waals surface area contributed by atoms with E-state index in [1.165, 1.54) is 0 Å². The summed E-state index contributed by atoms with van der Waals surface area (Å²) in [6.07, 6.45) is 4.88. The van der Waals surface area contributed by atoms with E-state index < -0.39 is 0 Å². The number of methoxy groups -OCH3 is 1. The van der Waals surface area contributed by atoms with Crippen LogP contribution in [0, 0.1) is 0 Å². The molecule has 33 heavy (non-hydrogen) atoms. The van der Waals surface area contributed by atoms with Crippen molar-refractivity contribution in [1.82, 2.24) is 15.2 Å². The van der Waals surface area contributed by atoms with E-state index in [1.54, 1.807) is 43.6 Å². The molecule has 0 radical (unpaired) electrons. The average molecular weight is 456 g/mol. The number of likely N-dealkylation sites (tertiary alicyclic amines) is 1. The fraction of sp³-hybridized carbons (Fsp3) is 0.480. The summed E-state index contributed by atoms with van der Waals surface area (Å²) < 4.78 is 16.0. The molecular formula is C25H33N3O5. The number of hydrogen-bond acceptors (Lipinski definition) is 6. The maximum absolute atomic E-state index is 12.6. The minimum atomic E-state index is -0.200. The van der Waals surface area contributed by atoms with Gasteiger partial charge in [-0.15, -0.1) is 0 Å². The van der Waals surface area contributed by atoms with Crippen LogP contribution in [0.4, 0.5) is 0 Å². The SMILES string of the molecule is COCCOc1ccc(CNC(=O)c2ccc(OCC(=O)N3C(C)CCCC3C)cc2)cn1. The lowest BCUT2D eigenvalue weighted by atomic mass is 9.97. The lowest BCUT2D eigenvalue weighted by molar-refractivity contribution is -0.139. The van der Waals surface area contributed by atoms with Gasteiger partial charge in [-0.3, -0.25) is 9.59 Å². The number of piperidine rings is 1. The Morgan fingerprint density at radius 2 is 1.76 bits per heavy atom. The second-order valence-electron chi connectivity index (χ2n) is 8.27. The fourth-order valence-corrected chi connectivity index (χ4v) is 3.95. The van der Waals surface area contributed by atoms with E-state index in [4.69, 9.17) is 14.2 Å². The predicted octanol–water partition coefficient (Wildman–Crippen LogP) is 3.21. The van der Waals surface area contributed by atoms with Gasteiger partial charge in [-0.2, -0.15) is 0 Å². The molecule has 3 rings (SSSR count). The molecule has 2 amide bonds. The van der Waals surface area contributed by atoms with Crippen molar-refractivity contribution >= 4 is 11.8 Å². The van der Waals surface area contributed by atoms with Crippen molar-refractivity contribution in [2.75, 3.05) is 26.9 Å². The number of nitrogens with zero attached hydrogens (tertiary/aromatic N) is 2. The van der Waals surface area contributed by atoms with Crippen LogP contribution < -0.4 is 14.8 Å². The zero-order valence-corrected chi connectivity index (χ0v) is 19.6. The number of nitrogens with one attached hydrogen (secondary N) is 1. The van der Waals surface area contributed by atoms with Crippen molar-refractivity contribution in [2.24, 2.45) is 0 Å². The van der Waals surface area contributed by atoms with E-state index in [1.807, 2.05) is 11.0 Å².